The van der Waals surface area contributed by atoms with Crippen molar-refractivity contribution in [2.24, 2.45) is 5.73 Å². The van der Waals surface area contributed by atoms with Gasteiger partial charge < -0.3 is 10.7 Å². The van der Waals surface area contributed by atoms with Gasteiger partial charge in [0.1, 0.15) is 5.82 Å². The predicted molar refractivity (Wildman–Crippen MR) is 50.1 cm³/mol. The van der Waals surface area contributed by atoms with Crippen LogP contribution in [-0.4, -0.2) is 16.0 Å². The highest BCUT2D eigenvalue weighted by Crippen LogP contribution is 2.07. The molecule has 1 heterocycles. The minimum absolute atomic E-state index is 0.191. The maximum atomic E-state index is 5.69. The Morgan fingerprint density at radius 3 is 2.67 bits per heavy atom. The lowest BCUT2D eigenvalue weighted by Crippen LogP contribution is -2.18. The largest absolute Gasteiger partial charge is 0.346 e. The monoisotopic (exact) mass is 167 g/mol. The molecule has 1 aromatic rings. The highest BCUT2D eigenvalue weighted by Gasteiger charge is 2.06. The lowest BCUT2D eigenvalue weighted by molar-refractivity contribution is 0.720. The average molecular weight is 167 g/mol. The van der Waals surface area contributed by atoms with Crippen molar-refractivity contribution in [2.75, 3.05) is 0 Å². The maximum Gasteiger partial charge on any atom is 0.106 e. The van der Waals surface area contributed by atoms with Gasteiger partial charge in [-0.3, -0.25) is 0 Å². The van der Waals surface area contributed by atoms with Crippen molar-refractivity contribution in [3.05, 3.63) is 17.2 Å². The quantitative estimate of drug-likeness (QED) is 0.710. The molecule has 0 amide bonds. The van der Waals surface area contributed by atoms with Gasteiger partial charge in [-0.15, -0.1) is 0 Å². The number of aryl methyl sites for hydroxylation is 2. The molecule has 1 atom stereocenters. The molecule has 3 heteroatoms. The summed E-state index contributed by atoms with van der Waals surface area (Å²) in [4.78, 5) is 7.67. The van der Waals surface area contributed by atoms with Gasteiger partial charge in [0.05, 0.1) is 5.69 Å². The Morgan fingerprint density at radius 2 is 2.25 bits per heavy atom. The third kappa shape index (κ3) is 2.08. The molecule has 0 aliphatic heterocycles. The van der Waals surface area contributed by atoms with E-state index < -0.39 is 0 Å². The van der Waals surface area contributed by atoms with Gasteiger partial charge >= 0.3 is 0 Å². The molecule has 0 aliphatic rings. The molecule has 1 aromatic heterocycles. The van der Waals surface area contributed by atoms with Crippen LogP contribution in [0.5, 0.6) is 0 Å². The molecule has 0 aliphatic carbocycles. The van der Waals surface area contributed by atoms with E-state index >= 15 is 0 Å². The van der Waals surface area contributed by atoms with Crippen LogP contribution in [0.15, 0.2) is 0 Å². The Bertz CT molecular complexity index is 250. The summed E-state index contributed by atoms with van der Waals surface area (Å²) in [5.41, 5.74) is 7.96. The van der Waals surface area contributed by atoms with Crippen molar-refractivity contribution in [2.45, 2.75) is 39.7 Å². The van der Waals surface area contributed by atoms with E-state index in [2.05, 4.69) is 16.9 Å². The van der Waals surface area contributed by atoms with Crippen LogP contribution < -0.4 is 5.73 Å². The summed E-state index contributed by atoms with van der Waals surface area (Å²) in [5.74, 6) is 1.06. The van der Waals surface area contributed by atoms with Gasteiger partial charge in [0.15, 0.2) is 0 Å². The van der Waals surface area contributed by atoms with Crippen molar-refractivity contribution in [3.8, 4) is 0 Å². The lowest BCUT2D eigenvalue weighted by Gasteiger charge is -2.01. The van der Waals surface area contributed by atoms with E-state index in [1.807, 2.05) is 13.8 Å². The fraction of sp³-hybridized carbons (Fsp3) is 0.667. The van der Waals surface area contributed by atoms with Crippen LogP contribution in [-0.2, 0) is 12.8 Å². The molecule has 0 fully saturated rings. The second-order valence-electron chi connectivity index (χ2n) is 3.29. The third-order valence-electron chi connectivity index (χ3n) is 1.88. The Kier molecular flexibility index (Phi) is 2.87. The first-order chi connectivity index (χ1) is 5.63. The fourth-order valence-electron chi connectivity index (χ4n) is 1.23. The Morgan fingerprint density at radius 1 is 1.58 bits per heavy atom. The number of nitrogens with zero attached hydrogens (tertiary/aromatic N) is 1. The molecule has 0 saturated heterocycles. The van der Waals surface area contributed by atoms with Gasteiger partial charge in [-0.05, 0) is 13.8 Å². The second kappa shape index (κ2) is 3.72. The predicted octanol–water partition coefficient (Wildman–Crippen LogP) is 1.17. The van der Waals surface area contributed by atoms with Crippen molar-refractivity contribution in [1.82, 2.24) is 9.97 Å². The lowest BCUT2D eigenvalue weighted by atomic mass is 10.2. The molecule has 0 spiro atoms. The number of aromatic amines is 1. The molecule has 0 saturated carbocycles. The van der Waals surface area contributed by atoms with E-state index in [9.17, 15) is 0 Å². The minimum atomic E-state index is 0.191. The summed E-state index contributed by atoms with van der Waals surface area (Å²) in [6, 6.07) is 0.191. The number of hydrogen-bond acceptors (Lipinski definition) is 2. The number of hydrogen-bond donors (Lipinski definition) is 2. The minimum Gasteiger partial charge on any atom is -0.346 e. The number of imidazole rings is 1. The summed E-state index contributed by atoms with van der Waals surface area (Å²) < 4.78 is 0. The highest BCUT2D eigenvalue weighted by molar-refractivity contribution is 5.14. The molecule has 0 radical (unpaired) electrons. The number of rotatable bonds is 3. The van der Waals surface area contributed by atoms with Crippen LogP contribution in [0.2, 0.25) is 0 Å². The van der Waals surface area contributed by atoms with Gasteiger partial charge in [0.25, 0.3) is 0 Å². The molecule has 3 nitrogen and oxygen atoms in total. The van der Waals surface area contributed by atoms with Crippen molar-refractivity contribution >= 4 is 0 Å². The van der Waals surface area contributed by atoms with Gasteiger partial charge in [-0.2, -0.15) is 0 Å². The number of aromatic nitrogens is 2. The Balaban J connectivity index is 2.77. The van der Waals surface area contributed by atoms with Crippen LogP contribution >= 0.6 is 0 Å². The first-order valence-electron chi connectivity index (χ1n) is 4.43. The second-order valence-corrected chi connectivity index (χ2v) is 3.29. The third-order valence-corrected chi connectivity index (χ3v) is 1.88. The average Bonchev–Trinajstić information content (AvgIpc) is 2.31. The smallest absolute Gasteiger partial charge is 0.106 e. The number of nitrogens with two attached hydrogens (primary N) is 1. The molecular weight excluding hydrogens is 150 g/mol. The van der Waals surface area contributed by atoms with E-state index in [1.54, 1.807) is 0 Å². The number of H-pyrrole nitrogens is 1. The molecule has 68 valence electrons. The first kappa shape index (κ1) is 9.26. The van der Waals surface area contributed by atoms with Crippen molar-refractivity contribution in [3.63, 3.8) is 0 Å². The summed E-state index contributed by atoms with van der Waals surface area (Å²) >= 11 is 0. The zero-order valence-corrected chi connectivity index (χ0v) is 8.02. The molecular formula is C9H17N3. The van der Waals surface area contributed by atoms with Crippen LogP contribution in [0.3, 0.4) is 0 Å². The highest BCUT2D eigenvalue weighted by atomic mass is 14.9. The molecule has 3 N–H and O–H groups in total. The number of nitrogens with one attached hydrogen (secondary N) is 1. The van der Waals surface area contributed by atoms with Crippen LogP contribution in [0, 0.1) is 6.92 Å². The van der Waals surface area contributed by atoms with Gasteiger partial charge in [0, 0.05) is 24.6 Å². The zero-order valence-electron chi connectivity index (χ0n) is 8.02. The Hall–Kier alpha value is -0.830. The summed E-state index contributed by atoms with van der Waals surface area (Å²) in [6.45, 7) is 6.14. The van der Waals surface area contributed by atoms with E-state index in [0.29, 0.717) is 0 Å². The molecule has 12 heavy (non-hydrogen) atoms. The summed E-state index contributed by atoms with van der Waals surface area (Å²) in [7, 11) is 0. The van der Waals surface area contributed by atoms with Crippen molar-refractivity contribution in [1.29, 1.82) is 0 Å². The molecule has 1 rings (SSSR count). The van der Waals surface area contributed by atoms with Crippen LogP contribution in [0.25, 0.3) is 0 Å². The standard InChI is InChI=1S/C9H17N3/c1-4-9-11-7(3)8(12-9)5-6(2)10/h6H,4-5,10H2,1-3H3,(H,11,12). The molecule has 0 aromatic carbocycles. The molecule has 0 bridgehead atoms. The topological polar surface area (TPSA) is 54.7 Å². The van der Waals surface area contributed by atoms with E-state index in [0.717, 1.165) is 30.1 Å². The fourth-order valence-corrected chi connectivity index (χ4v) is 1.23. The van der Waals surface area contributed by atoms with Gasteiger partial charge in [-0.1, -0.05) is 6.92 Å². The van der Waals surface area contributed by atoms with Gasteiger partial charge in [-0.25, -0.2) is 4.98 Å². The SMILES string of the molecule is CCc1nc(CC(C)N)c(C)[nH]1. The zero-order chi connectivity index (χ0) is 9.14. The normalized spacial score (nSPS) is 13.3. The summed E-state index contributed by atoms with van der Waals surface area (Å²) in [6.07, 6.45) is 1.82. The van der Waals surface area contributed by atoms with E-state index in [-0.39, 0.29) is 6.04 Å². The van der Waals surface area contributed by atoms with Crippen LogP contribution in [0.4, 0.5) is 0 Å². The van der Waals surface area contributed by atoms with Crippen molar-refractivity contribution < 1.29 is 0 Å². The Labute approximate surface area is 73.4 Å². The maximum absolute atomic E-state index is 5.69. The van der Waals surface area contributed by atoms with Crippen LogP contribution in [0.1, 0.15) is 31.1 Å². The molecule has 1 unspecified atom stereocenters. The first-order valence-corrected chi connectivity index (χ1v) is 4.43. The van der Waals surface area contributed by atoms with Gasteiger partial charge in [0.2, 0.25) is 0 Å². The summed E-state index contributed by atoms with van der Waals surface area (Å²) in [5, 5.41) is 0. The van der Waals surface area contributed by atoms with E-state index in [1.165, 1.54) is 0 Å². The van der Waals surface area contributed by atoms with E-state index in [4.69, 9.17) is 5.73 Å².